The first-order valence-electron chi connectivity index (χ1n) is 6.09. The number of hydrogen-bond donors (Lipinski definition) is 1. The second-order valence-corrected chi connectivity index (χ2v) is 5.08. The molecule has 1 unspecified atom stereocenters. The van der Waals surface area contributed by atoms with Crippen molar-refractivity contribution < 1.29 is 4.79 Å². The molecule has 1 rings (SSSR count). The molecule has 0 aliphatic carbocycles. The van der Waals surface area contributed by atoms with Gasteiger partial charge in [0.2, 0.25) is 5.91 Å². The summed E-state index contributed by atoms with van der Waals surface area (Å²) in [6, 6.07) is -0.291. The van der Waals surface area contributed by atoms with Gasteiger partial charge in [0.05, 0.1) is 6.04 Å². The topological polar surface area (TPSA) is 46.3 Å². The molecule has 88 valence electrons. The molecule has 3 nitrogen and oxygen atoms in total. The molecule has 0 aromatic rings. The summed E-state index contributed by atoms with van der Waals surface area (Å²) in [6.07, 6.45) is 3.12. The fourth-order valence-corrected chi connectivity index (χ4v) is 2.21. The Balaban J connectivity index is 2.40. The van der Waals surface area contributed by atoms with E-state index in [4.69, 9.17) is 5.73 Å². The quantitative estimate of drug-likeness (QED) is 0.769. The second-order valence-electron chi connectivity index (χ2n) is 5.08. The van der Waals surface area contributed by atoms with Crippen LogP contribution in [0.4, 0.5) is 0 Å². The van der Waals surface area contributed by atoms with Crippen LogP contribution in [0.25, 0.3) is 0 Å². The third-order valence-corrected chi connectivity index (χ3v) is 3.22. The van der Waals surface area contributed by atoms with Crippen LogP contribution in [0.1, 0.15) is 40.0 Å². The average molecular weight is 212 g/mol. The monoisotopic (exact) mass is 212 g/mol. The van der Waals surface area contributed by atoms with Gasteiger partial charge in [0.25, 0.3) is 0 Å². The molecule has 0 saturated carbocycles. The number of carbonyl (C=O) groups excluding carboxylic acids is 1. The van der Waals surface area contributed by atoms with Gasteiger partial charge in [-0.15, -0.1) is 0 Å². The fraction of sp³-hybridized carbons (Fsp3) is 0.917. The van der Waals surface area contributed by atoms with Crippen molar-refractivity contribution in [1.82, 2.24) is 4.90 Å². The van der Waals surface area contributed by atoms with Gasteiger partial charge in [-0.1, -0.05) is 27.2 Å². The largest absolute Gasteiger partial charge is 0.341 e. The van der Waals surface area contributed by atoms with Gasteiger partial charge in [0, 0.05) is 13.1 Å². The fourth-order valence-electron chi connectivity index (χ4n) is 2.21. The van der Waals surface area contributed by atoms with Crippen molar-refractivity contribution in [2.75, 3.05) is 13.1 Å². The van der Waals surface area contributed by atoms with Crippen LogP contribution >= 0.6 is 0 Å². The molecule has 2 atom stereocenters. The van der Waals surface area contributed by atoms with E-state index in [1.165, 1.54) is 6.42 Å². The zero-order valence-corrected chi connectivity index (χ0v) is 10.2. The van der Waals surface area contributed by atoms with E-state index in [2.05, 4.69) is 20.8 Å². The molecule has 2 N–H and O–H groups in total. The van der Waals surface area contributed by atoms with E-state index in [-0.39, 0.29) is 11.9 Å². The summed E-state index contributed by atoms with van der Waals surface area (Å²) in [4.78, 5) is 13.9. The van der Waals surface area contributed by atoms with E-state index in [1.54, 1.807) is 0 Å². The number of rotatable bonds is 4. The minimum atomic E-state index is -0.291. The Morgan fingerprint density at radius 1 is 1.53 bits per heavy atom. The molecule has 15 heavy (non-hydrogen) atoms. The van der Waals surface area contributed by atoms with Gasteiger partial charge in [-0.2, -0.15) is 0 Å². The van der Waals surface area contributed by atoms with Gasteiger partial charge in [-0.05, 0) is 24.7 Å². The lowest BCUT2D eigenvalue weighted by Gasteiger charge is -2.21. The van der Waals surface area contributed by atoms with Gasteiger partial charge >= 0.3 is 0 Å². The van der Waals surface area contributed by atoms with Crippen LogP contribution in [-0.4, -0.2) is 29.9 Å². The smallest absolute Gasteiger partial charge is 0.239 e. The van der Waals surface area contributed by atoms with Gasteiger partial charge in [-0.3, -0.25) is 4.79 Å². The molecular formula is C12H24N2O. The summed E-state index contributed by atoms with van der Waals surface area (Å²) in [6.45, 7) is 8.22. The number of carbonyl (C=O) groups is 1. The van der Waals surface area contributed by atoms with E-state index >= 15 is 0 Å². The first-order chi connectivity index (χ1) is 7.04. The molecule has 1 aliphatic rings. The Morgan fingerprint density at radius 2 is 2.20 bits per heavy atom. The number of amides is 1. The molecule has 1 fully saturated rings. The van der Waals surface area contributed by atoms with Crippen molar-refractivity contribution in [2.45, 2.75) is 46.1 Å². The molecule has 0 spiro atoms. The van der Waals surface area contributed by atoms with Crippen molar-refractivity contribution in [2.24, 2.45) is 17.6 Å². The maximum absolute atomic E-state index is 11.9. The van der Waals surface area contributed by atoms with E-state index in [0.29, 0.717) is 11.8 Å². The van der Waals surface area contributed by atoms with Crippen LogP contribution in [-0.2, 0) is 4.79 Å². The summed E-state index contributed by atoms with van der Waals surface area (Å²) in [7, 11) is 0. The Bertz CT molecular complexity index is 216. The first-order valence-corrected chi connectivity index (χ1v) is 6.09. The third kappa shape index (κ3) is 3.49. The normalized spacial score (nSPS) is 23.5. The number of nitrogens with zero attached hydrogens (tertiary/aromatic N) is 1. The Hall–Kier alpha value is -0.570. The van der Waals surface area contributed by atoms with Crippen LogP contribution in [0.5, 0.6) is 0 Å². The van der Waals surface area contributed by atoms with Gasteiger partial charge in [0.1, 0.15) is 0 Å². The number of nitrogens with two attached hydrogens (primary N) is 1. The van der Waals surface area contributed by atoms with Gasteiger partial charge < -0.3 is 10.6 Å². The molecular weight excluding hydrogens is 188 g/mol. The zero-order chi connectivity index (χ0) is 11.4. The van der Waals surface area contributed by atoms with E-state index in [9.17, 15) is 4.79 Å². The van der Waals surface area contributed by atoms with Crippen molar-refractivity contribution in [3.05, 3.63) is 0 Å². The van der Waals surface area contributed by atoms with Crippen molar-refractivity contribution in [3.8, 4) is 0 Å². The van der Waals surface area contributed by atoms with E-state index in [0.717, 1.165) is 25.9 Å². The molecule has 0 radical (unpaired) electrons. The molecule has 0 aromatic heterocycles. The summed E-state index contributed by atoms with van der Waals surface area (Å²) >= 11 is 0. The second kappa shape index (κ2) is 5.50. The number of likely N-dealkylation sites (tertiary alicyclic amines) is 1. The Morgan fingerprint density at radius 3 is 2.67 bits per heavy atom. The molecule has 1 saturated heterocycles. The summed E-state index contributed by atoms with van der Waals surface area (Å²) in [5.74, 6) is 1.34. The zero-order valence-electron chi connectivity index (χ0n) is 10.2. The van der Waals surface area contributed by atoms with Crippen LogP contribution < -0.4 is 5.73 Å². The third-order valence-electron chi connectivity index (χ3n) is 3.22. The lowest BCUT2D eigenvalue weighted by atomic mass is 10.0. The van der Waals surface area contributed by atoms with Crippen LogP contribution in [0.3, 0.4) is 0 Å². The lowest BCUT2D eigenvalue weighted by molar-refractivity contribution is -0.132. The van der Waals surface area contributed by atoms with E-state index in [1.807, 2.05) is 4.90 Å². The molecule has 1 heterocycles. The molecule has 1 amide bonds. The molecule has 3 heteroatoms. The molecule has 0 bridgehead atoms. The lowest BCUT2D eigenvalue weighted by Crippen LogP contribution is -2.43. The minimum absolute atomic E-state index is 0.152. The van der Waals surface area contributed by atoms with Crippen molar-refractivity contribution in [1.29, 1.82) is 0 Å². The highest BCUT2D eigenvalue weighted by Crippen LogP contribution is 2.20. The average Bonchev–Trinajstić information content (AvgIpc) is 2.63. The maximum Gasteiger partial charge on any atom is 0.239 e. The standard InChI is InChI=1S/C12H24N2O/c1-4-10-5-6-14(8-10)12(15)11(13)7-9(2)3/h9-11H,4-8,13H2,1-3H3/t10?,11-/m0/s1. The SMILES string of the molecule is CCC1CCN(C(=O)[C@@H](N)CC(C)C)C1. The summed E-state index contributed by atoms with van der Waals surface area (Å²) in [5.41, 5.74) is 5.89. The predicted molar refractivity (Wildman–Crippen MR) is 62.4 cm³/mol. The predicted octanol–water partition coefficient (Wildman–Crippen LogP) is 1.62. The van der Waals surface area contributed by atoms with E-state index < -0.39 is 0 Å². The summed E-state index contributed by atoms with van der Waals surface area (Å²) in [5, 5.41) is 0. The van der Waals surface area contributed by atoms with Crippen molar-refractivity contribution >= 4 is 5.91 Å². The number of hydrogen-bond acceptors (Lipinski definition) is 2. The minimum Gasteiger partial charge on any atom is -0.341 e. The first kappa shape index (κ1) is 12.5. The Kier molecular flexibility index (Phi) is 4.58. The van der Waals surface area contributed by atoms with Crippen molar-refractivity contribution in [3.63, 3.8) is 0 Å². The van der Waals surface area contributed by atoms with Crippen LogP contribution in [0.15, 0.2) is 0 Å². The Labute approximate surface area is 93.0 Å². The molecule has 1 aliphatic heterocycles. The van der Waals surface area contributed by atoms with Crippen LogP contribution in [0.2, 0.25) is 0 Å². The van der Waals surface area contributed by atoms with Gasteiger partial charge in [0.15, 0.2) is 0 Å². The highest BCUT2D eigenvalue weighted by molar-refractivity contribution is 5.81. The maximum atomic E-state index is 11.9. The molecule has 0 aromatic carbocycles. The van der Waals surface area contributed by atoms with Crippen LogP contribution in [0, 0.1) is 11.8 Å². The van der Waals surface area contributed by atoms with Gasteiger partial charge in [-0.25, -0.2) is 0 Å². The highest BCUT2D eigenvalue weighted by atomic mass is 16.2. The highest BCUT2D eigenvalue weighted by Gasteiger charge is 2.28. The summed E-state index contributed by atoms with van der Waals surface area (Å²) < 4.78 is 0.